The number of halogens is 1. The van der Waals surface area contributed by atoms with Crippen LogP contribution in [0.25, 0.3) is 0 Å². The fourth-order valence-corrected chi connectivity index (χ4v) is 3.20. The van der Waals surface area contributed by atoms with E-state index >= 15 is 0 Å². The van der Waals surface area contributed by atoms with E-state index < -0.39 is 0 Å². The third kappa shape index (κ3) is 9.48. The van der Waals surface area contributed by atoms with Gasteiger partial charge in [-0.25, -0.2) is 0 Å². The molecular weight excluding hydrogens is 545 g/mol. The van der Waals surface area contributed by atoms with Crippen molar-refractivity contribution in [1.29, 1.82) is 0 Å². The van der Waals surface area contributed by atoms with Crippen molar-refractivity contribution in [2.45, 2.75) is 118 Å². The maximum atomic E-state index is 5.97. The van der Waals surface area contributed by atoms with Gasteiger partial charge in [0, 0.05) is 47.6 Å². The molecule has 0 radical (unpaired) electrons. The van der Waals surface area contributed by atoms with Crippen LogP contribution in [0.1, 0.15) is 90.9 Å². The number of aromatic nitrogens is 4. The molecule has 0 saturated carbocycles. The van der Waals surface area contributed by atoms with Crippen LogP contribution < -0.4 is 40.5 Å². The number of rotatable bonds is 5. The Morgan fingerprint density at radius 2 is 1.27 bits per heavy atom. The van der Waals surface area contributed by atoms with Crippen LogP contribution in [-0.4, -0.2) is 61.9 Å². The molecule has 2 fully saturated rings. The minimum Gasteiger partial charge on any atom is -1.00 e. The maximum absolute atomic E-state index is 5.97. The van der Waals surface area contributed by atoms with E-state index in [1.165, 1.54) is 6.42 Å². The van der Waals surface area contributed by atoms with Crippen LogP contribution in [0.15, 0.2) is 24.8 Å². The molecule has 2 aliphatic rings. The Morgan fingerprint density at radius 3 is 1.62 bits per heavy atom. The molecule has 2 saturated heterocycles. The Bertz CT molecular complexity index is 883. The van der Waals surface area contributed by atoms with Crippen LogP contribution in [0, 0.1) is 0 Å². The van der Waals surface area contributed by atoms with Crippen molar-refractivity contribution >= 4 is 41.1 Å². The van der Waals surface area contributed by atoms with Crippen LogP contribution in [0.3, 0.4) is 0 Å². The summed E-state index contributed by atoms with van der Waals surface area (Å²) in [6.07, 6.45) is 9.66. The van der Waals surface area contributed by atoms with Gasteiger partial charge in [0.2, 0.25) is 0 Å². The van der Waals surface area contributed by atoms with Gasteiger partial charge in [0.1, 0.15) is 0 Å². The third-order valence-electron chi connectivity index (χ3n) is 6.87. The van der Waals surface area contributed by atoms with Gasteiger partial charge >= 0.3 is 43.8 Å². The molecule has 0 bridgehead atoms. The molecule has 0 atom stereocenters. The molecule has 4 rings (SSSR count). The van der Waals surface area contributed by atoms with Crippen molar-refractivity contribution in [3.05, 3.63) is 24.8 Å². The smallest absolute Gasteiger partial charge is 1.00 e. The topological polar surface area (TPSA) is 83.4 Å². The second-order valence-corrected chi connectivity index (χ2v) is 11.7. The van der Waals surface area contributed by atoms with E-state index in [0.29, 0.717) is 0 Å². The average molecular weight is 593 g/mol. The molecule has 0 aromatic carbocycles. The van der Waals surface area contributed by atoms with Crippen LogP contribution in [0.5, 0.6) is 0 Å². The summed E-state index contributed by atoms with van der Waals surface area (Å²) in [7, 11) is -0.607. The molecular formula is C25H48B2BrN4NaO4. The van der Waals surface area contributed by atoms with Gasteiger partial charge in [-0.05, 0) is 68.2 Å². The molecule has 2 aromatic rings. The summed E-state index contributed by atoms with van der Waals surface area (Å²) < 4.78 is 25.5. The summed E-state index contributed by atoms with van der Waals surface area (Å²) in [5, 5.41) is 12.1. The van der Waals surface area contributed by atoms with E-state index in [4.69, 9.17) is 18.6 Å². The Kier molecular flexibility index (Phi) is 15.0. The van der Waals surface area contributed by atoms with E-state index in [2.05, 4.69) is 72.8 Å². The zero-order valence-electron chi connectivity index (χ0n) is 25.1. The third-order valence-corrected chi connectivity index (χ3v) is 7.66. The largest absolute Gasteiger partial charge is 1.00 e. The summed E-state index contributed by atoms with van der Waals surface area (Å²) in [5.74, 6) is 0. The molecule has 12 heteroatoms. The fraction of sp³-hybridized carbons (Fsp3) is 0.760. The van der Waals surface area contributed by atoms with Crippen molar-refractivity contribution in [2.75, 3.05) is 5.33 Å². The number of nitrogens with zero attached hydrogens (tertiary/aromatic N) is 3. The van der Waals surface area contributed by atoms with Crippen LogP contribution in [0.2, 0.25) is 0 Å². The van der Waals surface area contributed by atoms with Crippen LogP contribution in [0.4, 0.5) is 0 Å². The molecule has 37 heavy (non-hydrogen) atoms. The zero-order chi connectivity index (χ0) is 26.5. The summed E-state index contributed by atoms with van der Waals surface area (Å²) >= 11 is 3.25. The number of hydrogen-bond acceptors (Lipinski definition) is 6. The molecule has 0 spiro atoms. The van der Waals surface area contributed by atoms with Crippen molar-refractivity contribution in [1.82, 2.24) is 20.0 Å². The van der Waals surface area contributed by atoms with E-state index in [1.807, 2.05) is 44.8 Å². The van der Waals surface area contributed by atoms with Gasteiger partial charge in [-0.15, -0.1) is 0 Å². The SMILES string of the molecule is C.CC1(C)OB(c2cn[nH]c2)OC1(C)C.CCCBr.CCCn1cc(B2OC(C)(C)C(C)(C)O2)cn1.[H-].[Na+]. The first kappa shape index (κ1) is 36.9. The number of aryl methyl sites for hydroxylation is 1. The predicted molar refractivity (Wildman–Crippen MR) is 154 cm³/mol. The second-order valence-electron chi connectivity index (χ2n) is 10.9. The van der Waals surface area contributed by atoms with Gasteiger partial charge in [0.25, 0.3) is 0 Å². The summed E-state index contributed by atoms with van der Waals surface area (Å²) in [6.45, 7) is 21.6. The summed E-state index contributed by atoms with van der Waals surface area (Å²) in [6, 6.07) is 0. The molecule has 8 nitrogen and oxygen atoms in total. The predicted octanol–water partition coefficient (Wildman–Crippen LogP) is 1.85. The Morgan fingerprint density at radius 1 is 0.838 bits per heavy atom. The fourth-order valence-electron chi connectivity index (χ4n) is 3.20. The number of alkyl halides is 1. The summed E-state index contributed by atoms with van der Waals surface area (Å²) in [5.41, 5.74) is 0.791. The second kappa shape index (κ2) is 15.0. The molecule has 0 aliphatic carbocycles. The monoisotopic (exact) mass is 592 g/mol. The Hall–Kier alpha value is -0.130. The van der Waals surface area contributed by atoms with Gasteiger partial charge in [-0.2, -0.15) is 10.2 Å². The van der Waals surface area contributed by atoms with Crippen molar-refractivity contribution < 1.29 is 49.6 Å². The zero-order valence-corrected chi connectivity index (χ0v) is 27.7. The van der Waals surface area contributed by atoms with Crippen LogP contribution >= 0.6 is 15.9 Å². The number of hydrogen-bond donors (Lipinski definition) is 1. The summed E-state index contributed by atoms with van der Waals surface area (Å²) in [4.78, 5) is 0. The normalized spacial score (nSPS) is 20.1. The van der Waals surface area contributed by atoms with E-state index in [1.54, 1.807) is 12.4 Å². The molecule has 1 N–H and O–H groups in total. The standard InChI is InChI=1S/C12H21BN2O2.C9H15BN2O2.C3H7Br.CH4.Na.H/c1-6-7-15-9-10(8-14-15)13-16-11(2,3)12(4,5)17-13;1-8(2)9(3,4)14-10(13-8)7-5-11-12-6-7;1-2-3-4;;;/h8-9H,6-7H2,1-5H3;5-6H,1-4H3,(H,11,12);2-3H2,1H3;1H4;;/q;;;;+1;-1. The van der Waals surface area contributed by atoms with Gasteiger partial charge in [-0.3, -0.25) is 9.78 Å². The number of aromatic amines is 1. The van der Waals surface area contributed by atoms with E-state index in [-0.39, 0.29) is 75.1 Å². The average Bonchev–Trinajstić information content (AvgIpc) is 3.51. The minimum atomic E-state index is -0.307. The minimum absolute atomic E-state index is 0. The molecule has 2 aliphatic heterocycles. The molecule has 206 valence electrons. The van der Waals surface area contributed by atoms with Gasteiger partial charge in [0.05, 0.1) is 22.4 Å². The molecule has 0 unspecified atom stereocenters. The van der Waals surface area contributed by atoms with E-state index in [0.717, 1.165) is 29.2 Å². The first-order chi connectivity index (χ1) is 16.2. The van der Waals surface area contributed by atoms with Crippen molar-refractivity contribution in [2.24, 2.45) is 0 Å². The number of H-pyrrole nitrogens is 1. The van der Waals surface area contributed by atoms with Gasteiger partial charge in [0.15, 0.2) is 0 Å². The Labute approximate surface area is 257 Å². The first-order valence-electron chi connectivity index (χ1n) is 12.5. The van der Waals surface area contributed by atoms with Crippen LogP contribution in [-0.2, 0) is 25.2 Å². The number of nitrogens with one attached hydrogen (secondary N) is 1. The van der Waals surface area contributed by atoms with Gasteiger partial charge < -0.3 is 20.0 Å². The molecule has 0 amide bonds. The maximum Gasteiger partial charge on any atom is 1.00 e. The first-order valence-corrected chi connectivity index (χ1v) is 13.6. The molecule has 2 aromatic heterocycles. The van der Waals surface area contributed by atoms with Crippen molar-refractivity contribution in [3.63, 3.8) is 0 Å². The molecule has 4 heterocycles. The Balaban J connectivity index is 0. The van der Waals surface area contributed by atoms with Gasteiger partial charge in [-0.1, -0.05) is 37.2 Å². The quantitative estimate of drug-likeness (QED) is 0.422. The van der Waals surface area contributed by atoms with Crippen molar-refractivity contribution in [3.8, 4) is 0 Å². The van der Waals surface area contributed by atoms with E-state index in [9.17, 15) is 0 Å².